The van der Waals surface area contributed by atoms with E-state index in [1.807, 2.05) is 19.1 Å². The highest BCUT2D eigenvalue weighted by atomic mass is 16.3. The van der Waals surface area contributed by atoms with E-state index in [4.69, 9.17) is 5.41 Å². The first kappa shape index (κ1) is 16.5. The van der Waals surface area contributed by atoms with Gasteiger partial charge in [0, 0.05) is 12.1 Å². The highest BCUT2D eigenvalue weighted by Crippen LogP contribution is 2.25. The first-order valence-electron chi connectivity index (χ1n) is 7.53. The van der Waals surface area contributed by atoms with Crippen molar-refractivity contribution in [3.8, 4) is 11.9 Å². The van der Waals surface area contributed by atoms with Crippen molar-refractivity contribution in [2.24, 2.45) is 0 Å². The standard InChI is InChI=1S/C18H19N3O2/c1-3-4-10-21-17(22)14(11-19)12(2)15(18(21)23)16(20)13-8-6-5-7-9-13/h5-9,20,23H,3-4,10H2,1-2H3. The normalized spacial score (nSPS) is 10.3. The van der Waals surface area contributed by atoms with Gasteiger partial charge in [0.1, 0.15) is 11.6 Å². The molecule has 5 heteroatoms. The molecule has 0 aliphatic carbocycles. The van der Waals surface area contributed by atoms with Crippen LogP contribution in [0.3, 0.4) is 0 Å². The molecule has 2 rings (SSSR count). The Morgan fingerprint density at radius 2 is 2.00 bits per heavy atom. The topological polar surface area (TPSA) is 89.9 Å². The van der Waals surface area contributed by atoms with Gasteiger partial charge in [-0.15, -0.1) is 0 Å². The Kier molecular flexibility index (Phi) is 4.97. The van der Waals surface area contributed by atoms with Gasteiger partial charge < -0.3 is 5.11 Å². The minimum Gasteiger partial charge on any atom is -0.494 e. The number of unbranched alkanes of at least 4 members (excludes halogenated alkanes) is 1. The monoisotopic (exact) mass is 309 g/mol. The van der Waals surface area contributed by atoms with Crippen LogP contribution in [0, 0.1) is 23.7 Å². The summed E-state index contributed by atoms with van der Waals surface area (Å²) in [5.74, 6) is -0.242. The lowest BCUT2D eigenvalue weighted by molar-refractivity contribution is 0.399. The fourth-order valence-corrected chi connectivity index (χ4v) is 2.52. The van der Waals surface area contributed by atoms with Crippen LogP contribution in [0.5, 0.6) is 5.88 Å². The predicted molar refractivity (Wildman–Crippen MR) is 89.1 cm³/mol. The van der Waals surface area contributed by atoms with Crippen molar-refractivity contribution in [3.63, 3.8) is 0 Å². The van der Waals surface area contributed by atoms with E-state index >= 15 is 0 Å². The Bertz CT molecular complexity index is 830. The molecule has 0 unspecified atom stereocenters. The van der Waals surface area contributed by atoms with Crippen LogP contribution in [0.2, 0.25) is 0 Å². The molecule has 1 heterocycles. The van der Waals surface area contributed by atoms with Gasteiger partial charge in [-0.2, -0.15) is 5.26 Å². The van der Waals surface area contributed by atoms with Gasteiger partial charge in [-0.3, -0.25) is 14.8 Å². The molecule has 2 aromatic rings. The lowest BCUT2D eigenvalue weighted by Crippen LogP contribution is -2.26. The smallest absolute Gasteiger partial charge is 0.271 e. The minimum atomic E-state index is -0.499. The summed E-state index contributed by atoms with van der Waals surface area (Å²) in [6.07, 6.45) is 1.56. The second-order valence-electron chi connectivity index (χ2n) is 5.36. The third-order valence-electron chi connectivity index (χ3n) is 3.85. The van der Waals surface area contributed by atoms with Crippen LogP contribution in [0.1, 0.15) is 42.0 Å². The average Bonchev–Trinajstić information content (AvgIpc) is 2.56. The Morgan fingerprint density at radius 1 is 1.35 bits per heavy atom. The van der Waals surface area contributed by atoms with Gasteiger partial charge in [-0.05, 0) is 18.9 Å². The number of pyridine rings is 1. The molecular weight excluding hydrogens is 290 g/mol. The third kappa shape index (κ3) is 3.02. The molecule has 5 nitrogen and oxygen atoms in total. The van der Waals surface area contributed by atoms with Crippen molar-refractivity contribution < 1.29 is 5.11 Å². The van der Waals surface area contributed by atoms with Crippen LogP contribution in [-0.2, 0) is 6.54 Å². The summed E-state index contributed by atoms with van der Waals surface area (Å²) in [4.78, 5) is 12.4. The summed E-state index contributed by atoms with van der Waals surface area (Å²) in [7, 11) is 0. The first-order chi connectivity index (χ1) is 11.0. The summed E-state index contributed by atoms with van der Waals surface area (Å²) >= 11 is 0. The van der Waals surface area contributed by atoms with Crippen molar-refractivity contribution in [2.45, 2.75) is 33.2 Å². The fraction of sp³-hybridized carbons (Fsp3) is 0.278. The highest BCUT2D eigenvalue weighted by molar-refractivity contribution is 6.13. The van der Waals surface area contributed by atoms with E-state index in [2.05, 4.69) is 0 Å². The molecule has 0 bridgehead atoms. The summed E-state index contributed by atoms with van der Waals surface area (Å²) in [5, 5.41) is 28.2. The van der Waals surface area contributed by atoms with Crippen LogP contribution >= 0.6 is 0 Å². The summed E-state index contributed by atoms with van der Waals surface area (Å²) in [6, 6.07) is 10.9. The van der Waals surface area contributed by atoms with Crippen molar-refractivity contribution in [3.05, 3.63) is 62.9 Å². The second kappa shape index (κ2) is 6.93. The van der Waals surface area contributed by atoms with Gasteiger partial charge in [0.25, 0.3) is 5.56 Å². The number of nitrogens with one attached hydrogen (secondary N) is 1. The molecule has 0 amide bonds. The van der Waals surface area contributed by atoms with E-state index in [0.29, 0.717) is 24.1 Å². The summed E-state index contributed by atoms with van der Waals surface area (Å²) in [6.45, 7) is 3.90. The molecule has 1 aromatic heterocycles. The molecule has 0 saturated heterocycles. The van der Waals surface area contributed by atoms with Gasteiger partial charge in [0.05, 0.1) is 11.3 Å². The van der Waals surface area contributed by atoms with Crippen molar-refractivity contribution in [2.75, 3.05) is 0 Å². The maximum absolute atomic E-state index is 12.4. The lowest BCUT2D eigenvalue weighted by atomic mass is 9.96. The maximum atomic E-state index is 12.4. The molecule has 0 aliphatic rings. The average molecular weight is 309 g/mol. The molecule has 0 saturated carbocycles. The van der Waals surface area contributed by atoms with Crippen molar-refractivity contribution in [1.82, 2.24) is 4.57 Å². The Hall–Kier alpha value is -2.87. The van der Waals surface area contributed by atoms with Gasteiger partial charge >= 0.3 is 0 Å². The van der Waals surface area contributed by atoms with E-state index < -0.39 is 5.56 Å². The Labute approximate surface area is 135 Å². The molecule has 2 N–H and O–H groups in total. The number of aromatic hydroxyl groups is 1. The maximum Gasteiger partial charge on any atom is 0.271 e. The molecule has 1 aromatic carbocycles. The number of nitriles is 1. The van der Waals surface area contributed by atoms with Gasteiger partial charge in [0.15, 0.2) is 0 Å². The number of hydrogen-bond acceptors (Lipinski definition) is 4. The zero-order valence-electron chi connectivity index (χ0n) is 13.3. The number of hydrogen-bond donors (Lipinski definition) is 2. The van der Waals surface area contributed by atoms with Crippen LogP contribution < -0.4 is 5.56 Å². The van der Waals surface area contributed by atoms with Crippen LogP contribution in [0.15, 0.2) is 35.1 Å². The van der Waals surface area contributed by atoms with Gasteiger partial charge in [-0.1, -0.05) is 43.7 Å². The van der Waals surface area contributed by atoms with Crippen LogP contribution in [-0.4, -0.2) is 15.4 Å². The lowest BCUT2D eigenvalue weighted by Gasteiger charge is -2.16. The van der Waals surface area contributed by atoms with E-state index in [0.717, 1.165) is 6.42 Å². The highest BCUT2D eigenvalue weighted by Gasteiger charge is 2.22. The number of benzene rings is 1. The largest absolute Gasteiger partial charge is 0.494 e. The zero-order chi connectivity index (χ0) is 17.0. The Morgan fingerprint density at radius 3 is 2.57 bits per heavy atom. The number of nitrogens with zero attached hydrogens (tertiary/aromatic N) is 2. The number of aromatic nitrogens is 1. The Balaban J connectivity index is 2.71. The minimum absolute atomic E-state index is 0.0189. The fourth-order valence-electron chi connectivity index (χ4n) is 2.52. The molecule has 0 atom stereocenters. The molecule has 118 valence electrons. The molecule has 0 radical (unpaired) electrons. The van der Waals surface area contributed by atoms with Gasteiger partial charge in [-0.25, -0.2) is 0 Å². The van der Waals surface area contributed by atoms with E-state index in [9.17, 15) is 15.2 Å². The van der Waals surface area contributed by atoms with Crippen LogP contribution in [0.4, 0.5) is 0 Å². The quantitative estimate of drug-likeness (QED) is 0.832. The molecule has 0 spiro atoms. The third-order valence-corrected chi connectivity index (χ3v) is 3.85. The predicted octanol–water partition coefficient (Wildman–Crippen LogP) is 2.95. The molecule has 0 fully saturated rings. The molecule has 0 aliphatic heterocycles. The SMILES string of the molecule is CCCCn1c(O)c(C(=N)c2ccccc2)c(C)c(C#N)c1=O. The van der Waals surface area contributed by atoms with Crippen molar-refractivity contribution >= 4 is 5.71 Å². The van der Waals surface area contributed by atoms with E-state index in [-0.39, 0.29) is 22.7 Å². The van der Waals surface area contributed by atoms with Gasteiger partial charge in [0.2, 0.25) is 5.88 Å². The van der Waals surface area contributed by atoms with E-state index in [1.165, 1.54) is 4.57 Å². The first-order valence-corrected chi connectivity index (χ1v) is 7.53. The van der Waals surface area contributed by atoms with Crippen LogP contribution in [0.25, 0.3) is 0 Å². The zero-order valence-corrected chi connectivity index (χ0v) is 13.3. The van der Waals surface area contributed by atoms with E-state index in [1.54, 1.807) is 31.2 Å². The molecular formula is C18H19N3O2. The summed E-state index contributed by atoms with van der Waals surface area (Å²) in [5.41, 5.74) is 0.785. The van der Waals surface area contributed by atoms with Crippen molar-refractivity contribution in [1.29, 1.82) is 10.7 Å². The molecule has 23 heavy (non-hydrogen) atoms. The second-order valence-corrected chi connectivity index (χ2v) is 5.36. The summed E-state index contributed by atoms with van der Waals surface area (Å²) < 4.78 is 1.20. The number of rotatable bonds is 5.